The maximum atomic E-state index is 10.2. The molecule has 0 fully saturated rings. The number of benzene rings is 2. The van der Waals surface area contributed by atoms with E-state index in [0.717, 1.165) is 19.3 Å². The smallest absolute Gasteiger partial charge is 0.116 e. The molecule has 0 aliphatic rings. The lowest BCUT2D eigenvalue weighted by atomic mass is 9.75. The van der Waals surface area contributed by atoms with Crippen molar-refractivity contribution in [1.29, 1.82) is 0 Å². The Labute approximate surface area is 147 Å². The number of aryl methyl sites for hydroxylation is 1. The molecular formula is C23H32O. The van der Waals surface area contributed by atoms with E-state index in [1.54, 1.807) is 0 Å². The lowest BCUT2D eigenvalue weighted by Gasteiger charge is -2.30. The highest BCUT2D eigenvalue weighted by molar-refractivity contribution is 5.47. The molecule has 0 atom stereocenters. The Bertz CT molecular complexity index is 634. The maximum Gasteiger partial charge on any atom is 0.116 e. The molecule has 0 aromatic heterocycles. The Hall–Kier alpha value is -1.76. The lowest BCUT2D eigenvalue weighted by molar-refractivity contribution is 0.463. The second kappa shape index (κ2) is 7.01. The van der Waals surface area contributed by atoms with Gasteiger partial charge in [0.2, 0.25) is 0 Å². The zero-order valence-electron chi connectivity index (χ0n) is 16.1. The molecule has 2 rings (SSSR count). The van der Waals surface area contributed by atoms with Crippen LogP contribution >= 0.6 is 0 Å². The summed E-state index contributed by atoms with van der Waals surface area (Å²) in [4.78, 5) is 0. The average Bonchev–Trinajstić information content (AvgIpc) is 2.47. The fourth-order valence-electron chi connectivity index (χ4n) is 3.38. The van der Waals surface area contributed by atoms with E-state index in [4.69, 9.17) is 0 Å². The van der Waals surface area contributed by atoms with Crippen LogP contribution in [-0.2, 0) is 23.7 Å². The summed E-state index contributed by atoms with van der Waals surface area (Å²) in [7, 11) is 0. The highest BCUT2D eigenvalue weighted by Crippen LogP contribution is 2.37. The number of aromatic hydroxyl groups is 1. The van der Waals surface area contributed by atoms with Crippen LogP contribution in [0.3, 0.4) is 0 Å². The van der Waals surface area contributed by atoms with Crippen LogP contribution in [0.1, 0.15) is 70.2 Å². The van der Waals surface area contributed by atoms with Crippen LogP contribution in [0.15, 0.2) is 42.5 Å². The van der Waals surface area contributed by atoms with E-state index in [-0.39, 0.29) is 10.8 Å². The predicted molar refractivity (Wildman–Crippen MR) is 104 cm³/mol. The number of hydrogen-bond donors (Lipinski definition) is 1. The second-order valence-corrected chi connectivity index (χ2v) is 8.86. The van der Waals surface area contributed by atoms with Gasteiger partial charge in [-0.3, -0.25) is 0 Å². The Balaban J connectivity index is 2.35. The first-order valence-electron chi connectivity index (χ1n) is 9.00. The van der Waals surface area contributed by atoms with Gasteiger partial charge < -0.3 is 5.11 Å². The Kier molecular flexibility index (Phi) is 5.42. The molecule has 1 heteroatoms. The van der Waals surface area contributed by atoms with Gasteiger partial charge in [0.25, 0.3) is 0 Å². The minimum absolute atomic E-state index is 0.0286. The summed E-state index contributed by atoms with van der Waals surface area (Å²) in [5.41, 5.74) is 5.43. The number of phenols is 1. The van der Waals surface area contributed by atoms with Crippen LogP contribution in [0.4, 0.5) is 0 Å². The Morgan fingerprint density at radius 2 is 1.25 bits per heavy atom. The third kappa shape index (κ3) is 4.63. The van der Waals surface area contributed by atoms with E-state index in [9.17, 15) is 5.11 Å². The molecule has 0 saturated carbocycles. The van der Waals surface area contributed by atoms with Crippen molar-refractivity contribution in [3.63, 3.8) is 0 Å². The maximum absolute atomic E-state index is 10.2. The van der Waals surface area contributed by atoms with Crippen molar-refractivity contribution >= 4 is 0 Å². The molecule has 0 heterocycles. The molecule has 0 aliphatic carbocycles. The SMILES string of the molecule is CC(C)(C)c1cc(O)cc(C(C)(C)C)c1CCCc1ccccc1. The molecule has 0 aliphatic heterocycles. The van der Waals surface area contributed by atoms with Gasteiger partial charge in [-0.25, -0.2) is 0 Å². The topological polar surface area (TPSA) is 20.2 Å². The molecule has 0 spiro atoms. The van der Waals surface area contributed by atoms with E-state index in [1.165, 1.54) is 22.3 Å². The molecule has 130 valence electrons. The number of rotatable bonds is 4. The van der Waals surface area contributed by atoms with Gasteiger partial charge in [0, 0.05) is 0 Å². The van der Waals surface area contributed by atoms with Gasteiger partial charge in [-0.1, -0.05) is 71.9 Å². The van der Waals surface area contributed by atoms with E-state index < -0.39 is 0 Å². The summed E-state index contributed by atoms with van der Waals surface area (Å²) in [6.07, 6.45) is 3.27. The molecule has 2 aromatic rings. The fourth-order valence-corrected chi connectivity index (χ4v) is 3.38. The molecule has 0 bridgehead atoms. The van der Waals surface area contributed by atoms with Crippen molar-refractivity contribution in [1.82, 2.24) is 0 Å². The van der Waals surface area contributed by atoms with E-state index in [1.807, 2.05) is 12.1 Å². The zero-order chi connectivity index (χ0) is 18.0. The molecular weight excluding hydrogens is 292 g/mol. The van der Waals surface area contributed by atoms with Crippen molar-refractivity contribution in [2.45, 2.75) is 71.6 Å². The van der Waals surface area contributed by atoms with Crippen molar-refractivity contribution in [2.24, 2.45) is 0 Å². The summed E-state index contributed by atoms with van der Waals surface area (Å²) in [6.45, 7) is 13.4. The minimum Gasteiger partial charge on any atom is -0.508 e. The molecule has 0 saturated heterocycles. The summed E-state index contributed by atoms with van der Waals surface area (Å²) in [5, 5.41) is 10.2. The molecule has 1 nitrogen and oxygen atoms in total. The number of hydrogen-bond acceptors (Lipinski definition) is 1. The summed E-state index contributed by atoms with van der Waals surface area (Å²) < 4.78 is 0. The van der Waals surface area contributed by atoms with Crippen molar-refractivity contribution in [3.05, 3.63) is 64.7 Å². The summed E-state index contributed by atoms with van der Waals surface area (Å²) in [6, 6.07) is 14.6. The van der Waals surface area contributed by atoms with Gasteiger partial charge in [0.1, 0.15) is 5.75 Å². The van der Waals surface area contributed by atoms with Gasteiger partial charge >= 0.3 is 0 Å². The van der Waals surface area contributed by atoms with E-state index in [2.05, 4.69) is 71.9 Å². The van der Waals surface area contributed by atoms with Crippen molar-refractivity contribution in [3.8, 4) is 5.75 Å². The highest BCUT2D eigenvalue weighted by atomic mass is 16.3. The first-order chi connectivity index (χ1) is 11.1. The lowest BCUT2D eigenvalue weighted by Crippen LogP contribution is -2.21. The quantitative estimate of drug-likeness (QED) is 0.713. The van der Waals surface area contributed by atoms with Gasteiger partial charge in [-0.05, 0) is 64.5 Å². The van der Waals surface area contributed by atoms with Gasteiger partial charge in [-0.2, -0.15) is 0 Å². The van der Waals surface area contributed by atoms with Gasteiger partial charge in [0.05, 0.1) is 0 Å². The minimum atomic E-state index is 0.0286. The molecule has 0 radical (unpaired) electrons. The van der Waals surface area contributed by atoms with Crippen LogP contribution in [0.25, 0.3) is 0 Å². The van der Waals surface area contributed by atoms with Crippen LogP contribution < -0.4 is 0 Å². The molecule has 2 aromatic carbocycles. The molecule has 0 amide bonds. The van der Waals surface area contributed by atoms with Crippen molar-refractivity contribution < 1.29 is 5.11 Å². The molecule has 24 heavy (non-hydrogen) atoms. The fraction of sp³-hybridized carbons (Fsp3) is 0.478. The Morgan fingerprint density at radius 3 is 1.71 bits per heavy atom. The zero-order valence-corrected chi connectivity index (χ0v) is 16.1. The number of phenolic OH excluding ortho intramolecular Hbond substituents is 1. The first-order valence-corrected chi connectivity index (χ1v) is 9.00. The third-order valence-electron chi connectivity index (χ3n) is 4.59. The van der Waals surface area contributed by atoms with Crippen LogP contribution in [0, 0.1) is 0 Å². The van der Waals surface area contributed by atoms with Crippen LogP contribution in [0.2, 0.25) is 0 Å². The Morgan fingerprint density at radius 1 is 0.750 bits per heavy atom. The van der Waals surface area contributed by atoms with E-state index in [0.29, 0.717) is 5.75 Å². The summed E-state index contributed by atoms with van der Waals surface area (Å²) in [5.74, 6) is 0.386. The average molecular weight is 325 g/mol. The third-order valence-corrected chi connectivity index (χ3v) is 4.59. The first kappa shape index (κ1) is 18.6. The van der Waals surface area contributed by atoms with Crippen molar-refractivity contribution in [2.75, 3.05) is 0 Å². The highest BCUT2D eigenvalue weighted by Gasteiger charge is 2.26. The normalized spacial score (nSPS) is 12.4. The molecule has 1 N–H and O–H groups in total. The standard InChI is InChI=1S/C23H32O/c1-22(2,3)20-15-18(24)16-21(23(4,5)6)19(20)14-10-13-17-11-8-7-9-12-17/h7-9,11-12,15-16,24H,10,13-14H2,1-6H3. The predicted octanol–water partition coefficient (Wildman–Crippen LogP) is 6.16. The van der Waals surface area contributed by atoms with Crippen LogP contribution in [-0.4, -0.2) is 5.11 Å². The monoisotopic (exact) mass is 324 g/mol. The summed E-state index contributed by atoms with van der Waals surface area (Å²) >= 11 is 0. The second-order valence-electron chi connectivity index (χ2n) is 8.86. The molecule has 0 unspecified atom stereocenters. The largest absolute Gasteiger partial charge is 0.508 e. The van der Waals surface area contributed by atoms with Crippen LogP contribution in [0.5, 0.6) is 5.75 Å². The van der Waals surface area contributed by atoms with Gasteiger partial charge in [-0.15, -0.1) is 0 Å². The van der Waals surface area contributed by atoms with Gasteiger partial charge in [0.15, 0.2) is 0 Å². The van der Waals surface area contributed by atoms with E-state index >= 15 is 0 Å².